The molecule has 2 rings (SSSR count). The molecule has 0 aliphatic carbocycles. The molecule has 5 N–H and O–H groups in total. The molecule has 0 unspecified atom stereocenters. The van der Waals surface area contributed by atoms with Crippen LogP contribution in [0, 0.1) is 3.57 Å². The lowest BCUT2D eigenvalue weighted by atomic mass is 10.1. The van der Waals surface area contributed by atoms with Gasteiger partial charge in [0.1, 0.15) is 5.75 Å². The Morgan fingerprint density at radius 1 is 1.00 bits per heavy atom. The minimum Gasteiger partial charge on any atom is -0.508 e. The molecule has 2 aromatic carbocycles. The number of benzene rings is 2. The summed E-state index contributed by atoms with van der Waals surface area (Å²) in [7, 11) is 0. The number of nitrogens with one attached hydrogen (secondary N) is 1. The van der Waals surface area contributed by atoms with Crippen LogP contribution in [0.3, 0.4) is 0 Å². The van der Waals surface area contributed by atoms with Crippen molar-refractivity contribution in [2.24, 2.45) is 0 Å². The van der Waals surface area contributed by atoms with E-state index in [2.05, 4.69) is 52.2 Å². The molecule has 8 nitrogen and oxygen atoms in total. The fourth-order valence-corrected chi connectivity index (χ4v) is 3.45. The number of carbonyl (C=O) groups is 1. The molecule has 9 heteroatoms. The summed E-state index contributed by atoms with van der Waals surface area (Å²) in [5.74, 6) is -0.787. The van der Waals surface area contributed by atoms with Gasteiger partial charge in [-0.05, 0) is 77.4 Å². The number of hydrogen-bond acceptors (Lipinski definition) is 7. The zero-order valence-corrected chi connectivity index (χ0v) is 22.4. The number of aliphatic hydroxyl groups is 2. The van der Waals surface area contributed by atoms with Gasteiger partial charge in [-0.1, -0.05) is 31.0 Å². The van der Waals surface area contributed by atoms with Gasteiger partial charge in [0.15, 0.2) is 0 Å². The zero-order valence-electron chi connectivity index (χ0n) is 20.3. The highest BCUT2D eigenvalue weighted by Crippen LogP contribution is 2.22. The molecule has 0 aliphatic rings. The number of rotatable bonds is 16. The second-order valence-corrected chi connectivity index (χ2v) is 9.24. The van der Waals surface area contributed by atoms with Crippen LogP contribution in [0.5, 0.6) is 5.75 Å². The van der Waals surface area contributed by atoms with E-state index in [4.69, 9.17) is 19.4 Å². The number of ether oxygens (including phenoxy) is 2. The van der Waals surface area contributed by atoms with Crippen molar-refractivity contribution < 1.29 is 34.7 Å². The van der Waals surface area contributed by atoms with E-state index >= 15 is 0 Å². The summed E-state index contributed by atoms with van der Waals surface area (Å²) in [4.78, 5) is 9.00. The normalized spacial score (nSPS) is 11.5. The topological polar surface area (TPSA) is 128 Å². The van der Waals surface area contributed by atoms with Gasteiger partial charge in [0.05, 0.1) is 32.5 Å². The van der Waals surface area contributed by atoms with Gasteiger partial charge in [-0.25, -0.2) is 0 Å². The second kappa shape index (κ2) is 19.4. The number of unbranched alkanes of at least 4 members (excludes halogenated alkanes) is 3. The molecule has 0 fully saturated rings. The lowest BCUT2D eigenvalue weighted by molar-refractivity contribution is -0.134. The summed E-state index contributed by atoms with van der Waals surface area (Å²) in [5.41, 5.74) is 2.30. The van der Waals surface area contributed by atoms with Crippen molar-refractivity contribution in [1.29, 1.82) is 0 Å². The van der Waals surface area contributed by atoms with Gasteiger partial charge in [0.25, 0.3) is 5.97 Å². The van der Waals surface area contributed by atoms with E-state index < -0.39 is 12.1 Å². The Hall–Kier alpha value is -1.76. The van der Waals surface area contributed by atoms with E-state index in [9.17, 15) is 15.3 Å². The first-order valence-corrected chi connectivity index (χ1v) is 12.8. The van der Waals surface area contributed by atoms with Crippen LogP contribution in [-0.4, -0.2) is 59.3 Å². The third kappa shape index (κ3) is 15.8. The molecule has 1 atom stereocenters. The fraction of sp³-hybridized carbons (Fsp3) is 0.500. The summed E-state index contributed by atoms with van der Waals surface area (Å²) in [6, 6.07) is 13.1. The Morgan fingerprint density at radius 3 is 2.34 bits per heavy atom. The average Bonchev–Trinajstić information content (AvgIpc) is 2.83. The van der Waals surface area contributed by atoms with E-state index in [1.807, 2.05) is 0 Å². The van der Waals surface area contributed by atoms with Crippen molar-refractivity contribution in [3.63, 3.8) is 0 Å². The molecule has 2 aromatic rings. The number of phenols is 1. The van der Waals surface area contributed by atoms with Crippen LogP contribution in [0.1, 0.15) is 55.4 Å². The predicted molar refractivity (Wildman–Crippen MR) is 143 cm³/mol. The Bertz CT molecular complexity index is 829. The molecule has 35 heavy (non-hydrogen) atoms. The monoisotopic (exact) mass is 603 g/mol. The summed E-state index contributed by atoms with van der Waals surface area (Å²) >= 11 is 2.29. The van der Waals surface area contributed by atoms with Crippen molar-refractivity contribution >= 4 is 28.6 Å². The summed E-state index contributed by atoms with van der Waals surface area (Å²) in [5, 5.41) is 39.7. The van der Waals surface area contributed by atoms with Crippen LogP contribution in [0.15, 0.2) is 42.5 Å². The molecular formula is C26H38INO7. The van der Waals surface area contributed by atoms with Gasteiger partial charge in [0, 0.05) is 29.2 Å². The first kappa shape index (κ1) is 31.3. The van der Waals surface area contributed by atoms with Crippen LogP contribution >= 0.6 is 22.6 Å². The maximum absolute atomic E-state index is 10.2. The lowest BCUT2D eigenvalue weighted by Crippen LogP contribution is -2.22. The number of halogens is 1. The van der Waals surface area contributed by atoms with Crippen molar-refractivity contribution in [2.75, 3.05) is 32.9 Å². The Labute approximate surface area is 221 Å². The first-order chi connectivity index (χ1) is 16.8. The lowest BCUT2D eigenvalue weighted by Gasteiger charge is -2.14. The molecule has 0 saturated heterocycles. The van der Waals surface area contributed by atoms with Crippen LogP contribution < -0.4 is 5.32 Å². The Balaban J connectivity index is 0.00000142. The van der Waals surface area contributed by atoms with Gasteiger partial charge in [0.2, 0.25) is 0 Å². The minimum absolute atomic E-state index is 0.0462. The predicted octanol–water partition coefficient (Wildman–Crippen LogP) is 4.00. The molecule has 0 aromatic heterocycles. The minimum atomic E-state index is -0.833. The van der Waals surface area contributed by atoms with Gasteiger partial charge in [-0.15, -0.1) is 0 Å². The first-order valence-electron chi connectivity index (χ1n) is 11.7. The summed E-state index contributed by atoms with van der Waals surface area (Å²) < 4.78 is 12.5. The van der Waals surface area contributed by atoms with E-state index in [0.717, 1.165) is 45.8 Å². The second-order valence-electron chi connectivity index (χ2n) is 7.99. The average molecular weight is 603 g/mol. The van der Waals surface area contributed by atoms with Crippen molar-refractivity contribution in [2.45, 2.75) is 51.9 Å². The fourth-order valence-electron chi connectivity index (χ4n) is 3.09. The number of aromatic hydroxyl groups is 1. The van der Waals surface area contributed by atoms with Gasteiger partial charge in [-0.3, -0.25) is 4.79 Å². The molecular weight excluding hydrogens is 565 g/mol. The van der Waals surface area contributed by atoms with Crippen molar-refractivity contribution in [3.05, 3.63) is 62.7 Å². The molecule has 0 radical (unpaired) electrons. The van der Waals surface area contributed by atoms with Crippen LogP contribution in [0.2, 0.25) is 0 Å². The van der Waals surface area contributed by atoms with Gasteiger partial charge in [-0.2, -0.15) is 0 Å². The third-order valence-corrected chi connectivity index (χ3v) is 5.66. The maximum Gasteiger partial charge on any atom is 0.300 e. The SMILES string of the molecule is CC(=O)O.OCc1cc([C@@H](O)CNCCCCCCOCCOCc2ccc(I)cc2)ccc1O. The van der Waals surface area contributed by atoms with E-state index in [0.29, 0.717) is 37.5 Å². The Morgan fingerprint density at radius 2 is 1.66 bits per heavy atom. The maximum atomic E-state index is 10.2. The van der Waals surface area contributed by atoms with E-state index in [1.165, 1.54) is 15.2 Å². The zero-order chi connectivity index (χ0) is 25.9. The summed E-state index contributed by atoms with van der Waals surface area (Å²) in [6.07, 6.45) is 3.66. The number of carboxylic acid groups (broad SMARTS) is 1. The van der Waals surface area contributed by atoms with Gasteiger partial charge >= 0.3 is 0 Å². The molecule has 196 valence electrons. The largest absolute Gasteiger partial charge is 0.508 e. The van der Waals surface area contributed by atoms with Crippen LogP contribution in [-0.2, 0) is 27.5 Å². The summed E-state index contributed by atoms with van der Waals surface area (Å²) in [6.45, 7) is 4.74. The molecule has 0 heterocycles. The van der Waals surface area contributed by atoms with Crippen molar-refractivity contribution in [3.8, 4) is 5.75 Å². The smallest absolute Gasteiger partial charge is 0.300 e. The quantitative estimate of drug-likeness (QED) is 0.144. The van der Waals surface area contributed by atoms with Crippen LogP contribution in [0.25, 0.3) is 0 Å². The highest BCUT2D eigenvalue weighted by molar-refractivity contribution is 14.1. The third-order valence-electron chi connectivity index (χ3n) is 4.94. The molecule has 0 spiro atoms. The highest BCUT2D eigenvalue weighted by Gasteiger charge is 2.09. The molecule has 0 amide bonds. The van der Waals surface area contributed by atoms with Crippen molar-refractivity contribution in [1.82, 2.24) is 5.32 Å². The van der Waals surface area contributed by atoms with E-state index in [-0.39, 0.29) is 12.4 Å². The molecule has 0 saturated carbocycles. The van der Waals surface area contributed by atoms with E-state index in [1.54, 1.807) is 12.1 Å². The number of carboxylic acids is 1. The Kier molecular flexibility index (Phi) is 17.4. The standard InChI is InChI=1S/C24H34INO5.C2H4O2/c25-22-8-5-19(6-9-22)18-31-14-13-30-12-4-2-1-3-11-26-16-24(29)20-7-10-23(28)21(15-20)17-27;1-2(3)4/h5-10,15,24,26-29H,1-4,11-14,16-18H2;1H3,(H,3,4)/t24-;/m0./s1. The molecule has 0 bridgehead atoms. The molecule has 0 aliphatic heterocycles. The number of hydrogen-bond donors (Lipinski definition) is 5. The number of aliphatic carboxylic acids is 1. The number of aliphatic hydroxyl groups excluding tert-OH is 2. The van der Waals surface area contributed by atoms with Gasteiger partial charge < -0.3 is 35.2 Å². The highest BCUT2D eigenvalue weighted by atomic mass is 127. The van der Waals surface area contributed by atoms with Crippen LogP contribution in [0.4, 0.5) is 0 Å².